The summed E-state index contributed by atoms with van der Waals surface area (Å²) in [5, 5.41) is 3.37. The van der Waals surface area contributed by atoms with Crippen LogP contribution >= 0.6 is 0 Å². The van der Waals surface area contributed by atoms with Gasteiger partial charge in [0.1, 0.15) is 0 Å². The fourth-order valence-electron chi connectivity index (χ4n) is 6.33. The topological polar surface area (TPSA) is 67.6 Å². The molecule has 4 aliphatic rings. The monoisotopic (exact) mass is 363 g/mol. The van der Waals surface area contributed by atoms with Crippen molar-refractivity contribution in [3.05, 3.63) is 0 Å². The minimum atomic E-state index is -0.0976. The number of hydrogen-bond acceptors (Lipinski definition) is 4. The first-order valence-electron chi connectivity index (χ1n) is 10.8. The van der Waals surface area contributed by atoms with Crippen LogP contribution in [-0.4, -0.2) is 54.2 Å². The van der Waals surface area contributed by atoms with Crippen LogP contribution in [0.25, 0.3) is 0 Å². The van der Waals surface area contributed by atoms with Crippen LogP contribution in [0, 0.1) is 17.8 Å². The summed E-state index contributed by atoms with van der Waals surface area (Å²) >= 11 is 0. The fraction of sp³-hybridized carbons (Fsp3) is 0.952. The molecule has 4 atom stereocenters. The molecule has 3 aliphatic carbocycles. The first-order valence-corrected chi connectivity index (χ1v) is 10.8. The van der Waals surface area contributed by atoms with Gasteiger partial charge in [-0.25, -0.2) is 0 Å². The Balaban J connectivity index is 1.43. The third kappa shape index (κ3) is 3.43. The van der Waals surface area contributed by atoms with Crippen LogP contribution in [0.3, 0.4) is 0 Å². The van der Waals surface area contributed by atoms with Crippen LogP contribution in [0.5, 0.6) is 0 Å². The Morgan fingerprint density at radius 2 is 1.92 bits per heavy atom. The number of fused-ring (bicyclic) bond motifs is 2. The zero-order valence-corrected chi connectivity index (χ0v) is 16.6. The van der Waals surface area contributed by atoms with Crippen molar-refractivity contribution in [1.82, 2.24) is 10.2 Å². The molecule has 0 spiro atoms. The van der Waals surface area contributed by atoms with E-state index in [1.165, 1.54) is 51.4 Å². The normalized spacial score (nSPS) is 39.0. The standard InChI is InChI=1S/C21H37N3O2/c1-20(2)14-24(10-11-26-20)21(8-4-3-5-9-21)13-23-19(25)17-15-6-7-16(12-15)18(17)22/h15-18H,3-14,22H2,1-2H3,(H,23,25). The summed E-state index contributed by atoms with van der Waals surface area (Å²) in [5.74, 6) is 1.39. The number of carbonyl (C=O) groups excluding carboxylic acids is 1. The van der Waals surface area contributed by atoms with E-state index in [1.54, 1.807) is 0 Å². The number of morpholine rings is 1. The van der Waals surface area contributed by atoms with Gasteiger partial charge in [0.15, 0.2) is 0 Å². The molecular formula is C21H37N3O2. The van der Waals surface area contributed by atoms with Crippen molar-refractivity contribution in [2.45, 2.75) is 82.4 Å². The quantitative estimate of drug-likeness (QED) is 0.804. The van der Waals surface area contributed by atoms with Gasteiger partial charge in [-0.1, -0.05) is 19.3 Å². The Morgan fingerprint density at radius 1 is 1.19 bits per heavy atom. The lowest BCUT2D eigenvalue weighted by Gasteiger charge is -2.51. The number of carbonyl (C=O) groups is 1. The van der Waals surface area contributed by atoms with Crippen LogP contribution in [0.15, 0.2) is 0 Å². The maximum Gasteiger partial charge on any atom is 0.225 e. The van der Waals surface area contributed by atoms with Gasteiger partial charge in [-0.2, -0.15) is 0 Å². The molecule has 4 fully saturated rings. The molecule has 5 heteroatoms. The minimum Gasteiger partial charge on any atom is -0.373 e. The van der Waals surface area contributed by atoms with E-state index in [-0.39, 0.29) is 29.0 Å². The van der Waals surface area contributed by atoms with E-state index in [0.717, 1.165) is 26.2 Å². The molecule has 1 aliphatic heterocycles. The highest BCUT2D eigenvalue weighted by Crippen LogP contribution is 2.47. The number of amides is 1. The van der Waals surface area contributed by atoms with Crippen molar-refractivity contribution in [3.8, 4) is 0 Å². The number of rotatable bonds is 4. The highest BCUT2D eigenvalue weighted by atomic mass is 16.5. The molecule has 0 aromatic heterocycles. The van der Waals surface area contributed by atoms with E-state index in [1.807, 2.05) is 0 Å². The predicted molar refractivity (Wildman–Crippen MR) is 103 cm³/mol. The molecule has 3 saturated carbocycles. The number of nitrogens with zero attached hydrogens (tertiary/aromatic N) is 1. The molecule has 0 aromatic carbocycles. The summed E-state index contributed by atoms with van der Waals surface area (Å²) in [6.45, 7) is 7.87. The van der Waals surface area contributed by atoms with E-state index in [0.29, 0.717) is 11.8 Å². The molecular weight excluding hydrogens is 326 g/mol. The third-order valence-corrected chi connectivity index (χ3v) is 7.76. The first kappa shape index (κ1) is 18.7. The molecule has 0 radical (unpaired) electrons. The fourth-order valence-corrected chi connectivity index (χ4v) is 6.33. The Labute approximate surface area is 158 Å². The number of ether oxygens (including phenoxy) is 1. The molecule has 1 amide bonds. The first-order chi connectivity index (χ1) is 12.4. The Kier molecular flexibility index (Phi) is 5.08. The van der Waals surface area contributed by atoms with E-state index in [2.05, 4.69) is 24.1 Å². The van der Waals surface area contributed by atoms with Crippen LogP contribution in [-0.2, 0) is 9.53 Å². The molecule has 3 N–H and O–H groups in total. The molecule has 1 saturated heterocycles. The highest BCUT2D eigenvalue weighted by molar-refractivity contribution is 5.80. The minimum absolute atomic E-state index is 0.0514. The Hall–Kier alpha value is -0.650. The number of hydrogen-bond donors (Lipinski definition) is 2. The summed E-state index contributed by atoms with van der Waals surface area (Å²) in [5.41, 5.74) is 6.41. The largest absolute Gasteiger partial charge is 0.373 e. The zero-order chi connectivity index (χ0) is 18.4. The number of nitrogens with two attached hydrogens (primary N) is 1. The van der Waals surface area contributed by atoms with E-state index in [4.69, 9.17) is 10.5 Å². The second-order valence-electron chi connectivity index (χ2n) is 9.97. The van der Waals surface area contributed by atoms with Crippen molar-refractivity contribution in [3.63, 3.8) is 0 Å². The third-order valence-electron chi connectivity index (χ3n) is 7.76. The van der Waals surface area contributed by atoms with Gasteiger partial charge in [-0.15, -0.1) is 0 Å². The molecule has 5 nitrogen and oxygen atoms in total. The zero-order valence-electron chi connectivity index (χ0n) is 16.6. The van der Waals surface area contributed by atoms with Gasteiger partial charge in [-0.05, 0) is 57.8 Å². The molecule has 4 rings (SSSR count). The predicted octanol–water partition coefficient (Wildman–Crippen LogP) is 2.29. The lowest BCUT2D eigenvalue weighted by atomic mass is 9.78. The Morgan fingerprint density at radius 3 is 2.58 bits per heavy atom. The van der Waals surface area contributed by atoms with Crippen molar-refractivity contribution >= 4 is 5.91 Å². The second kappa shape index (κ2) is 7.06. The average Bonchev–Trinajstić information content (AvgIpc) is 3.21. The lowest BCUT2D eigenvalue weighted by molar-refractivity contribution is -0.133. The highest BCUT2D eigenvalue weighted by Gasteiger charge is 2.50. The maximum atomic E-state index is 13.0. The van der Waals surface area contributed by atoms with E-state index in [9.17, 15) is 4.79 Å². The van der Waals surface area contributed by atoms with Crippen LogP contribution in [0.1, 0.15) is 65.2 Å². The van der Waals surface area contributed by atoms with Gasteiger partial charge < -0.3 is 15.8 Å². The summed E-state index contributed by atoms with van der Waals surface area (Å²) in [7, 11) is 0. The van der Waals surface area contributed by atoms with Gasteiger partial charge >= 0.3 is 0 Å². The molecule has 4 unspecified atom stereocenters. The molecule has 1 heterocycles. The summed E-state index contributed by atoms with van der Waals surface area (Å²) in [4.78, 5) is 15.6. The maximum absolute atomic E-state index is 13.0. The van der Waals surface area contributed by atoms with Gasteiger partial charge in [0.2, 0.25) is 5.91 Å². The van der Waals surface area contributed by atoms with Gasteiger partial charge in [-0.3, -0.25) is 9.69 Å². The summed E-state index contributed by atoms with van der Waals surface area (Å²) in [6.07, 6.45) is 9.81. The second-order valence-corrected chi connectivity index (χ2v) is 9.97. The molecule has 0 aromatic rings. The van der Waals surface area contributed by atoms with Gasteiger partial charge in [0.25, 0.3) is 0 Å². The molecule has 26 heavy (non-hydrogen) atoms. The van der Waals surface area contributed by atoms with Crippen LogP contribution in [0.2, 0.25) is 0 Å². The van der Waals surface area contributed by atoms with Crippen LogP contribution in [0.4, 0.5) is 0 Å². The smallest absolute Gasteiger partial charge is 0.225 e. The lowest BCUT2D eigenvalue weighted by Crippen LogP contribution is -2.63. The van der Waals surface area contributed by atoms with E-state index >= 15 is 0 Å². The summed E-state index contributed by atoms with van der Waals surface area (Å²) < 4.78 is 5.94. The van der Waals surface area contributed by atoms with Crippen molar-refractivity contribution < 1.29 is 9.53 Å². The van der Waals surface area contributed by atoms with Gasteiger partial charge in [0.05, 0.1) is 18.1 Å². The Bertz CT molecular complexity index is 527. The SMILES string of the molecule is CC1(C)CN(C2(CNC(=O)C3C4CCC(C4)C3N)CCCCC2)CCO1. The molecule has 2 bridgehead atoms. The van der Waals surface area contributed by atoms with Crippen molar-refractivity contribution in [1.29, 1.82) is 0 Å². The van der Waals surface area contributed by atoms with Gasteiger partial charge in [0, 0.05) is 31.2 Å². The summed E-state index contributed by atoms with van der Waals surface area (Å²) in [6, 6.07) is 0.0818. The number of nitrogens with one attached hydrogen (secondary N) is 1. The molecule has 148 valence electrons. The van der Waals surface area contributed by atoms with Crippen molar-refractivity contribution in [2.75, 3.05) is 26.2 Å². The van der Waals surface area contributed by atoms with Crippen LogP contribution < -0.4 is 11.1 Å². The van der Waals surface area contributed by atoms with Crippen molar-refractivity contribution in [2.24, 2.45) is 23.5 Å². The average molecular weight is 364 g/mol. The van der Waals surface area contributed by atoms with E-state index < -0.39 is 0 Å².